The van der Waals surface area contributed by atoms with Crippen molar-refractivity contribution in [2.75, 3.05) is 20.4 Å². The third-order valence-electron chi connectivity index (χ3n) is 4.39. The molecular formula is C17H26N2O2S. The lowest BCUT2D eigenvalue weighted by atomic mass is 9.81. The molecule has 0 atom stereocenters. The Morgan fingerprint density at radius 3 is 2.64 bits per heavy atom. The summed E-state index contributed by atoms with van der Waals surface area (Å²) in [6.45, 7) is 0.558. The van der Waals surface area contributed by atoms with Gasteiger partial charge in [-0.3, -0.25) is 4.79 Å². The fourth-order valence-electron chi connectivity index (χ4n) is 3.10. The zero-order valence-corrected chi connectivity index (χ0v) is 14.5. The van der Waals surface area contributed by atoms with E-state index in [9.17, 15) is 4.79 Å². The Morgan fingerprint density at radius 2 is 2.05 bits per heavy atom. The van der Waals surface area contributed by atoms with Crippen LogP contribution in [0.5, 0.6) is 5.75 Å². The molecule has 1 amide bonds. The first-order chi connectivity index (χ1) is 10.5. The van der Waals surface area contributed by atoms with Gasteiger partial charge in [-0.05, 0) is 36.8 Å². The molecule has 1 aliphatic carbocycles. The van der Waals surface area contributed by atoms with Gasteiger partial charge in [-0.1, -0.05) is 25.3 Å². The number of benzene rings is 1. The van der Waals surface area contributed by atoms with Gasteiger partial charge in [0.15, 0.2) is 0 Å². The van der Waals surface area contributed by atoms with Crippen LogP contribution >= 0.6 is 11.8 Å². The molecule has 0 unspecified atom stereocenters. The van der Waals surface area contributed by atoms with E-state index in [1.54, 1.807) is 23.8 Å². The molecule has 1 aliphatic rings. The van der Waals surface area contributed by atoms with Crippen LogP contribution in [-0.2, 0) is 11.3 Å². The van der Waals surface area contributed by atoms with Gasteiger partial charge in [0.25, 0.3) is 0 Å². The van der Waals surface area contributed by atoms with E-state index in [4.69, 9.17) is 10.5 Å². The average Bonchev–Trinajstić information content (AvgIpc) is 2.54. The third-order valence-corrected chi connectivity index (χ3v) is 5.16. The highest BCUT2D eigenvalue weighted by Gasteiger charge is 2.37. The summed E-state index contributed by atoms with van der Waals surface area (Å²) >= 11 is 1.65. The van der Waals surface area contributed by atoms with Crippen LogP contribution in [0.25, 0.3) is 0 Å². The van der Waals surface area contributed by atoms with Gasteiger partial charge in [0, 0.05) is 18.5 Å². The zero-order valence-electron chi connectivity index (χ0n) is 13.7. The van der Waals surface area contributed by atoms with Crippen molar-refractivity contribution in [3.8, 4) is 5.75 Å². The Balaban J connectivity index is 2.07. The van der Waals surface area contributed by atoms with Crippen molar-refractivity contribution in [3.05, 3.63) is 23.8 Å². The number of hydrogen-bond donors (Lipinski definition) is 1. The number of nitrogens with two attached hydrogens (primary N) is 1. The summed E-state index contributed by atoms with van der Waals surface area (Å²) in [6.07, 6.45) is 6.90. The monoisotopic (exact) mass is 322 g/mol. The summed E-state index contributed by atoms with van der Waals surface area (Å²) in [6, 6.07) is 6.08. The van der Waals surface area contributed by atoms with Crippen LogP contribution in [0.1, 0.15) is 37.7 Å². The largest absolute Gasteiger partial charge is 0.496 e. The quantitative estimate of drug-likeness (QED) is 0.847. The second kappa shape index (κ2) is 7.38. The maximum absolute atomic E-state index is 12.7. The van der Waals surface area contributed by atoms with Crippen LogP contribution < -0.4 is 10.5 Å². The van der Waals surface area contributed by atoms with Crippen molar-refractivity contribution in [1.29, 1.82) is 0 Å². The van der Waals surface area contributed by atoms with Gasteiger partial charge < -0.3 is 15.4 Å². The number of rotatable bonds is 5. The first-order valence-corrected chi connectivity index (χ1v) is 8.98. The molecule has 0 heterocycles. The highest BCUT2D eigenvalue weighted by Crippen LogP contribution is 2.30. The molecule has 4 nitrogen and oxygen atoms in total. The molecule has 1 saturated carbocycles. The summed E-state index contributed by atoms with van der Waals surface area (Å²) in [7, 11) is 3.51. The molecule has 2 N–H and O–H groups in total. The third kappa shape index (κ3) is 3.76. The molecular weight excluding hydrogens is 296 g/mol. The second-order valence-corrected chi connectivity index (χ2v) is 6.92. The van der Waals surface area contributed by atoms with Gasteiger partial charge in [-0.25, -0.2) is 0 Å². The molecule has 2 rings (SSSR count). The van der Waals surface area contributed by atoms with Crippen molar-refractivity contribution in [1.82, 2.24) is 4.90 Å². The molecule has 122 valence electrons. The molecule has 0 spiro atoms. The molecule has 0 bridgehead atoms. The summed E-state index contributed by atoms with van der Waals surface area (Å²) in [5.74, 6) is 0.908. The number of amides is 1. The summed E-state index contributed by atoms with van der Waals surface area (Å²) in [4.78, 5) is 15.5. The Labute approximate surface area is 137 Å². The molecule has 1 aromatic carbocycles. The van der Waals surface area contributed by atoms with Gasteiger partial charge in [0.05, 0.1) is 12.6 Å². The van der Waals surface area contributed by atoms with Gasteiger partial charge in [-0.15, -0.1) is 11.8 Å². The van der Waals surface area contributed by atoms with Crippen LogP contribution in [0.15, 0.2) is 23.1 Å². The number of likely N-dealkylation sites (N-methyl/N-ethyl adjacent to an activating group) is 1. The molecule has 22 heavy (non-hydrogen) atoms. The Bertz CT molecular complexity index is 527. The normalized spacial score (nSPS) is 17.1. The molecule has 5 heteroatoms. The maximum Gasteiger partial charge on any atom is 0.242 e. The first kappa shape index (κ1) is 17.2. The molecule has 1 fully saturated rings. The molecule has 0 saturated heterocycles. The van der Waals surface area contributed by atoms with E-state index in [2.05, 4.69) is 0 Å². The van der Waals surface area contributed by atoms with Gasteiger partial charge in [0.2, 0.25) is 5.91 Å². The van der Waals surface area contributed by atoms with Crippen molar-refractivity contribution in [2.24, 2.45) is 5.73 Å². The van der Waals surface area contributed by atoms with Crippen LogP contribution in [0.4, 0.5) is 0 Å². The minimum absolute atomic E-state index is 0.0557. The average molecular weight is 322 g/mol. The van der Waals surface area contributed by atoms with Gasteiger partial charge >= 0.3 is 0 Å². The Kier molecular flexibility index (Phi) is 5.75. The number of methoxy groups -OCH3 is 1. The van der Waals surface area contributed by atoms with Crippen LogP contribution in [0.3, 0.4) is 0 Å². The van der Waals surface area contributed by atoms with E-state index in [0.29, 0.717) is 6.54 Å². The molecule has 0 aliphatic heterocycles. The summed E-state index contributed by atoms with van der Waals surface area (Å²) in [5, 5.41) is 0. The first-order valence-electron chi connectivity index (χ1n) is 7.75. The number of thioether (sulfide) groups is 1. The SMILES string of the molecule is COc1cc(CN(C)C(=O)C2(N)CCCCC2)ccc1SC. The maximum atomic E-state index is 12.7. The summed E-state index contributed by atoms with van der Waals surface area (Å²) in [5.41, 5.74) is 6.73. The predicted octanol–water partition coefficient (Wildman–Crippen LogP) is 3.04. The van der Waals surface area contributed by atoms with E-state index < -0.39 is 5.54 Å². The molecule has 0 aromatic heterocycles. The summed E-state index contributed by atoms with van der Waals surface area (Å²) < 4.78 is 5.41. The molecule has 0 radical (unpaired) electrons. The minimum atomic E-state index is -0.670. The smallest absolute Gasteiger partial charge is 0.242 e. The Hall–Kier alpha value is -1.20. The van der Waals surface area contributed by atoms with Crippen LogP contribution in [-0.4, -0.2) is 36.8 Å². The van der Waals surface area contributed by atoms with Crippen molar-refractivity contribution in [3.63, 3.8) is 0 Å². The standard InChI is InChI=1S/C17H26N2O2S/c1-19(16(20)17(18)9-5-4-6-10-17)12-13-7-8-15(22-3)14(11-13)21-2/h7-8,11H,4-6,9-10,12,18H2,1-3H3. The van der Waals surface area contributed by atoms with Crippen LogP contribution in [0.2, 0.25) is 0 Å². The predicted molar refractivity (Wildman–Crippen MR) is 91.3 cm³/mol. The lowest BCUT2D eigenvalue weighted by Gasteiger charge is -2.35. The number of carbonyl (C=O) groups is 1. The van der Waals surface area contributed by atoms with Gasteiger partial charge in [-0.2, -0.15) is 0 Å². The number of ether oxygens (including phenoxy) is 1. The highest BCUT2D eigenvalue weighted by atomic mass is 32.2. The van der Waals surface area contributed by atoms with E-state index in [0.717, 1.165) is 41.9 Å². The fourth-order valence-corrected chi connectivity index (χ4v) is 3.65. The fraction of sp³-hybridized carbons (Fsp3) is 0.588. The topological polar surface area (TPSA) is 55.6 Å². The lowest BCUT2D eigenvalue weighted by molar-refractivity contribution is -0.137. The van der Waals surface area contributed by atoms with E-state index in [1.807, 2.05) is 31.5 Å². The van der Waals surface area contributed by atoms with Crippen molar-refractivity contribution < 1.29 is 9.53 Å². The lowest BCUT2D eigenvalue weighted by Crippen LogP contribution is -2.55. The number of nitrogens with zero attached hydrogens (tertiary/aromatic N) is 1. The number of carbonyl (C=O) groups excluding carboxylic acids is 1. The van der Waals surface area contributed by atoms with Crippen molar-refractivity contribution >= 4 is 17.7 Å². The van der Waals surface area contributed by atoms with Crippen LogP contribution in [0, 0.1) is 0 Å². The number of hydrogen-bond acceptors (Lipinski definition) is 4. The van der Waals surface area contributed by atoms with Gasteiger partial charge in [0.1, 0.15) is 5.75 Å². The van der Waals surface area contributed by atoms with E-state index in [1.165, 1.54) is 6.42 Å². The minimum Gasteiger partial charge on any atom is -0.496 e. The molecule has 1 aromatic rings. The zero-order chi connectivity index (χ0) is 16.2. The second-order valence-electron chi connectivity index (χ2n) is 6.07. The van der Waals surface area contributed by atoms with E-state index >= 15 is 0 Å². The van der Waals surface area contributed by atoms with E-state index in [-0.39, 0.29) is 5.91 Å². The van der Waals surface area contributed by atoms with Crippen molar-refractivity contribution in [2.45, 2.75) is 49.1 Å². The Morgan fingerprint density at radius 1 is 1.36 bits per heavy atom. The highest BCUT2D eigenvalue weighted by molar-refractivity contribution is 7.98.